The van der Waals surface area contributed by atoms with Crippen molar-refractivity contribution in [1.29, 1.82) is 5.39 Å². The lowest BCUT2D eigenvalue weighted by molar-refractivity contribution is 1.09. The normalized spacial score (nSPS) is 14.9. The maximum atomic E-state index is 8.33. The van der Waals surface area contributed by atoms with Crippen LogP contribution in [-0.2, 0) is 0 Å². The molecule has 0 aliphatic carbocycles. The molecule has 0 saturated heterocycles. The van der Waals surface area contributed by atoms with Crippen molar-refractivity contribution in [3.63, 3.8) is 0 Å². The zero-order chi connectivity index (χ0) is 6.78. The lowest BCUT2D eigenvalue weighted by Crippen LogP contribution is -2.32. The first-order valence-corrected chi connectivity index (χ1v) is 6.40. The van der Waals surface area contributed by atoms with Crippen LogP contribution in [0.15, 0.2) is 0 Å². The first kappa shape index (κ1) is 7.64. The van der Waals surface area contributed by atoms with E-state index in [1.54, 1.807) is 0 Å². The van der Waals surface area contributed by atoms with E-state index in [2.05, 4.69) is 24.6 Å². The Kier molecular flexibility index (Phi) is 2.17. The second-order valence-corrected chi connectivity index (χ2v) is 8.73. The lowest BCUT2D eigenvalue weighted by atomic mass is 10.8. The summed E-state index contributed by atoms with van der Waals surface area (Å²) < 4.78 is 0. The highest BCUT2D eigenvalue weighted by molar-refractivity contribution is 6.78. The highest BCUT2D eigenvalue weighted by Crippen LogP contribution is 2.09. The van der Waals surface area contributed by atoms with E-state index in [0.29, 0.717) is 0 Å². The van der Waals surface area contributed by atoms with Crippen LogP contribution in [0.25, 0.3) is 4.98 Å². The fourth-order valence-corrected chi connectivity index (χ4v) is 0.520. The van der Waals surface area contributed by atoms with Gasteiger partial charge in [0.1, 0.15) is 4.98 Å². The minimum absolute atomic E-state index is 0.169. The average Bonchev–Trinajstić information content (AvgIpc) is 1.62. The topological polar surface area (TPSA) is 28.1 Å². The van der Waals surface area contributed by atoms with Gasteiger partial charge in [-0.25, -0.2) is 0 Å². The maximum absolute atomic E-state index is 8.33. The van der Waals surface area contributed by atoms with E-state index < -0.39 is 8.07 Å². The van der Waals surface area contributed by atoms with E-state index in [4.69, 9.17) is 5.39 Å². The molecule has 0 bridgehead atoms. The van der Waals surface area contributed by atoms with Gasteiger partial charge in [-0.15, -0.1) is 0 Å². The highest BCUT2D eigenvalue weighted by atomic mass is 28.3. The number of hydrogen-bond acceptors (Lipinski definition) is 1. The molecule has 0 aromatic rings. The molecule has 46 valence electrons. The molecule has 2 nitrogen and oxygen atoms in total. The summed E-state index contributed by atoms with van der Waals surface area (Å²) in [4.78, 5) is 3.22. The van der Waals surface area contributed by atoms with E-state index in [-0.39, 0.29) is 5.67 Å². The van der Waals surface area contributed by atoms with Gasteiger partial charge in [0.25, 0.3) is 5.67 Å². The first-order chi connectivity index (χ1) is 3.48. The fourth-order valence-electron chi connectivity index (χ4n) is 0.173. The van der Waals surface area contributed by atoms with Crippen molar-refractivity contribution in [3.8, 4) is 0 Å². The van der Waals surface area contributed by atoms with Crippen molar-refractivity contribution in [1.82, 2.24) is 0 Å². The Labute approximate surface area is 51.5 Å². The van der Waals surface area contributed by atoms with E-state index in [1.165, 1.54) is 0 Å². The van der Waals surface area contributed by atoms with Crippen molar-refractivity contribution >= 4 is 8.07 Å². The molecule has 0 fully saturated rings. The Bertz CT molecular complexity index is 109. The molecule has 1 atom stereocenters. The molecule has 0 rings (SSSR count). The number of nitrogens with zero attached hydrogens (tertiary/aromatic N) is 2. The Balaban J connectivity index is 3.87. The fraction of sp³-hybridized carbons (Fsp3) is 1.00. The summed E-state index contributed by atoms with van der Waals surface area (Å²) in [5, 5.41) is 8.33. The van der Waals surface area contributed by atoms with E-state index >= 15 is 0 Å². The molecule has 1 unspecified atom stereocenters. The van der Waals surface area contributed by atoms with Crippen LogP contribution in [0.1, 0.15) is 6.92 Å². The van der Waals surface area contributed by atoms with Crippen LogP contribution in [0.3, 0.4) is 0 Å². The SMILES string of the molecule is CC([N+]#N)[Si](C)(C)C. The summed E-state index contributed by atoms with van der Waals surface area (Å²) in [7, 11) is -1.18. The summed E-state index contributed by atoms with van der Waals surface area (Å²) in [6, 6.07) is 0. The van der Waals surface area contributed by atoms with Gasteiger partial charge in [-0.3, -0.25) is 0 Å². The van der Waals surface area contributed by atoms with Crippen LogP contribution in [-0.4, -0.2) is 13.7 Å². The molecular weight excluding hydrogens is 116 g/mol. The van der Waals surface area contributed by atoms with Gasteiger partial charge in [0.2, 0.25) is 5.39 Å². The molecule has 0 aromatic heterocycles. The Morgan fingerprint density at radius 2 is 1.75 bits per heavy atom. The maximum Gasteiger partial charge on any atom is 0.288 e. The Hall–Kier alpha value is -0.363. The summed E-state index contributed by atoms with van der Waals surface area (Å²) in [5.41, 5.74) is 0.169. The molecule has 0 radical (unpaired) electrons. The second kappa shape index (κ2) is 2.27. The van der Waals surface area contributed by atoms with Gasteiger partial charge in [-0.05, 0) is 0 Å². The quantitative estimate of drug-likeness (QED) is 0.393. The molecule has 0 N–H and O–H groups in total. The third-order valence-corrected chi connectivity index (χ3v) is 4.05. The van der Waals surface area contributed by atoms with Gasteiger partial charge in [0.05, 0.1) is 0 Å². The molecule has 0 aliphatic heterocycles. The van der Waals surface area contributed by atoms with Crippen molar-refractivity contribution in [3.05, 3.63) is 4.98 Å². The minimum Gasteiger partial charge on any atom is -0.0622 e. The minimum atomic E-state index is -1.18. The van der Waals surface area contributed by atoms with Gasteiger partial charge in [-0.2, -0.15) is 0 Å². The van der Waals surface area contributed by atoms with Gasteiger partial charge in [0, 0.05) is 6.92 Å². The van der Waals surface area contributed by atoms with Crippen LogP contribution < -0.4 is 0 Å². The summed E-state index contributed by atoms with van der Waals surface area (Å²) in [6.45, 7) is 8.48. The largest absolute Gasteiger partial charge is 0.288 e. The smallest absolute Gasteiger partial charge is 0.0622 e. The van der Waals surface area contributed by atoms with E-state index in [1.807, 2.05) is 6.92 Å². The average molecular weight is 129 g/mol. The molecule has 0 saturated carbocycles. The van der Waals surface area contributed by atoms with Gasteiger partial charge in [-0.1, -0.05) is 19.6 Å². The molecule has 8 heavy (non-hydrogen) atoms. The molecule has 0 amide bonds. The van der Waals surface area contributed by atoms with Crippen LogP contribution >= 0.6 is 0 Å². The molecule has 3 heteroatoms. The molecule has 0 aliphatic rings. The van der Waals surface area contributed by atoms with Crippen LogP contribution in [0, 0.1) is 5.39 Å². The molecule has 0 heterocycles. The Morgan fingerprint density at radius 3 is 1.75 bits per heavy atom. The van der Waals surface area contributed by atoms with Crippen LogP contribution in [0.4, 0.5) is 0 Å². The summed E-state index contributed by atoms with van der Waals surface area (Å²) >= 11 is 0. The number of diazo groups is 1. The zero-order valence-electron chi connectivity index (χ0n) is 5.97. The van der Waals surface area contributed by atoms with Crippen molar-refractivity contribution in [2.24, 2.45) is 0 Å². The predicted octanol–water partition coefficient (Wildman–Crippen LogP) is 2.11. The molecular formula is C5H13N2Si+. The van der Waals surface area contributed by atoms with Crippen LogP contribution in [0.2, 0.25) is 19.6 Å². The third-order valence-electron chi connectivity index (χ3n) is 1.43. The summed E-state index contributed by atoms with van der Waals surface area (Å²) in [6.07, 6.45) is 0. The van der Waals surface area contributed by atoms with Gasteiger partial charge < -0.3 is 0 Å². The molecule has 0 spiro atoms. The van der Waals surface area contributed by atoms with Crippen molar-refractivity contribution in [2.75, 3.05) is 0 Å². The Morgan fingerprint density at radius 1 is 1.38 bits per heavy atom. The standard InChI is InChI=1S/C5H13N2Si/c1-5(7-6)8(2,3)4/h5H,1-4H3/q+1. The monoisotopic (exact) mass is 129 g/mol. The second-order valence-electron chi connectivity index (χ2n) is 3.16. The van der Waals surface area contributed by atoms with E-state index in [0.717, 1.165) is 0 Å². The molecule has 0 aromatic carbocycles. The summed E-state index contributed by atoms with van der Waals surface area (Å²) in [5.74, 6) is 0. The third kappa shape index (κ3) is 2.08. The van der Waals surface area contributed by atoms with E-state index in [9.17, 15) is 0 Å². The van der Waals surface area contributed by atoms with Crippen molar-refractivity contribution in [2.45, 2.75) is 32.2 Å². The number of rotatable bonds is 1. The van der Waals surface area contributed by atoms with Gasteiger partial charge >= 0.3 is 0 Å². The first-order valence-electron chi connectivity index (χ1n) is 2.82. The lowest BCUT2D eigenvalue weighted by Gasteiger charge is -2.06. The zero-order valence-corrected chi connectivity index (χ0v) is 6.97. The highest BCUT2D eigenvalue weighted by Gasteiger charge is 2.32. The van der Waals surface area contributed by atoms with Crippen molar-refractivity contribution < 1.29 is 0 Å². The number of hydrogen-bond donors (Lipinski definition) is 0. The predicted molar refractivity (Wildman–Crippen MR) is 37.9 cm³/mol. The van der Waals surface area contributed by atoms with Gasteiger partial charge in [0.15, 0.2) is 8.07 Å². The van der Waals surface area contributed by atoms with Crippen LogP contribution in [0.5, 0.6) is 0 Å².